The van der Waals surface area contributed by atoms with Gasteiger partial charge in [0.25, 0.3) is 0 Å². The first-order chi connectivity index (χ1) is 10.1. The van der Waals surface area contributed by atoms with Gasteiger partial charge in [0.2, 0.25) is 5.95 Å². The van der Waals surface area contributed by atoms with Crippen molar-refractivity contribution in [2.45, 2.75) is 18.7 Å². The van der Waals surface area contributed by atoms with Crippen LogP contribution in [0.1, 0.15) is 5.56 Å². The lowest BCUT2D eigenvalue weighted by atomic mass is 10.2. The van der Waals surface area contributed by atoms with Crippen molar-refractivity contribution in [1.82, 2.24) is 20.3 Å². The zero-order chi connectivity index (χ0) is 15.4. The Balaban J connectivity index is 2.16. The number of fused-ring (bicyclic) bond motifs is 1. The summed E-state index contributed by atoms with van der Waals surface area (Å²) in [4.78, 5) is 11.1. The Morgan fingerprint density at radius 3 is 2.86 bits per heavy atom. The van der Waals surface area contributed by atoms with Crippen molar-refractivity contribution < 1.29 is 10.2 Å². The lowest BCUT2D eigenvalue weighted by molar-refractivity contribution is 0.0689. The van der Waals surface area contributed by atoms with Gasteiger partial charge in [-0.15, -0.1) is 0 Å². The number of nitrogens with two attached hydrogens (primary N) is 2. The summed E-state index contributed by atoms with van der Waals surface area (Å²) >= 11 is 1.59. The number of aliphatic hydroxyl groups excluding tert-OH is 2. The second-order valence-electron chi connectivity index (χ2n) is 4.70. The maximum Gasteiger partial charge on any atom is 0.222 e. The van der Waals surface area contributed by atoms with Crippen LogP contribution in [0.25, 0.3) is 11.0 Å². The zero-order valence-corrected chi connectivity index (χ0v) is 12.5. The lowest BCUT2D eigenvalue weighted by Crippen LogP contribution is -2.43. The molecule has 116 valence electrons. The molecule has 2 atom stereocenters. The molecule has 2 heterocycles. The summed E-state index contributed by atoms with van der Waals surface area (Å²) in [5.41, 5.74) is 13.6. The Labute approximate surface area is 126 Å². The zero-order valence-electron chi connectivity index (χ0n) is 11.7. The van der Waals surface area contributed by atoms with Crippen LogP contribution >= 0.6 is 11.8 Å². The van der Waals surface area contributed by atoms with Crippen molar-refractivity contribution in [3.8, 4) is 0 Å². The molecule has 2 unspecified atom stereocenters. The number of nitrogen functional groups attached to an aromatic ring is 2. The van der Waals surface area contributed by atoms with Crippen LogP contribution in [0, 0.1) is 0 Å². The van der Waals surface area contributed by atoms with E-state index in [2.05, 4.69) is 20.3 Å². The molecule has 2 rings (SSSR count). The minimum absolute atomic E-state index is 0.122. The molecule has 0 saturated heterocycles. The number of hydrogen-bond donors (Lipinski definition) is 6. The van der Waals surface area contributed by atoms with E-state index in [1.54, 1.807) is 18.0 Å². The molecule has 0 aromatic carbocycles. The van der Waals surface area contributed by atoms with E-state index in [0.29, 0.717) is 29.1 Å². The number of hydrogen-bond acceptors (Lipinski definition) is 8. The van der Waals surface area contributed by atoms with Gasteiger partial charge in [0.1, 0.15) is 11.0 Å². The van der Waals surface area contributed by atoms with Gasteiger partial charge in [-0.05, 0) is 6.26 Å². The van der Waals surface area contributed by atoms with Gasteiger partial charge in [0.15, 0.2) is 5.82 Å². The number of anilines is 2. The molecule has 0 fully saturated rings. The molecule has 9 heteroatoms. The van der Waals surface area contributed by atoms with Crippen molar-refractivity contribution in [2.24, 2.45) is 0 Å². The molecule has 0 aliphatic rings. The Kier molecular flexibility index (Phi) is 5.23. The number of aromatic nitrogens is 3. The summed E-state index contributed by atoms with van der Waals surface area (Å²) < 4.78 is 0. The maximum absolute atomic E-state index is 9.78. The van der Waals surface area contributed by atoms with Crippen LogP contribution in [0.15, 0.2) is 6.20 Å². The monoisotopic (exact) mass is 312 g/mol. The highest BCUT2D eigenvalue weighted by molar-refractivity contribution is 7.98. The van der Waals surface area contributed by atoms with Gasteiger partial charge in [-0.1, -0.05) is 0 Å². The average Bonchev–Trinajstić information content (AvgIpc) is 2.86. The third-order valence-corrected chi connectivity index (χ3v) is 3.89. The van der Waals surface area contributed by atoms with Gasteiger partial charge < -0.3 is 32.0 Å². The highest BCUT2D eigenvalue weighted by Crippen LogP contribution is 2.21. The maximum atomic E-state index is 9.78. The lowest BCUT2D eigenvalue weighted by Gasteiger charge is -2.21. The van der Waals surface area contributed by atoms with E-state index in [0.717, 1.165) is 5.56 Å². The molecule has 0 aliphatic carbocycles. The molecule has 2 aromatic rings. The predicted octanol–water partition coefficient (Wildman–Crippen LogP) is -0.703. The Morgan fingerprint density at radius 1 is 1.43 bits per heavy atom. The fraction of sp³-hybridized carbons (Fsp3) is 0.500. The van der Waals surface area contributed by atoms with Gasteiger partial charge in [-0.3, -0.25) is 0 Å². The van der Waals surface area contributed by atoms with Crippen molar-refractivity contribution in [3.05, 3.63) is 11.8 Å². The van der Waals surface area contributed by atoms with Crippen LogP contribution in [-0.4, -0.2) is 55.9 Å². The summed E-state index contributed by atoms with van der Waals surface area (Å²) in [5.74, 6) is 1.11. The molecule has 0 saturated carbocycles. The molecule has 8 nitrogen and oxygen atoms in total. The van der Waals surface area contributed by atoms with Gasteiger partial charge >= 0.3 is 0 Å². The van der Waals surface area contributed by atoms with E-state index in [9.17, 15) is 5.11 Å². The quantitative estimate of drug-likeness (QED) is 0.393. The van der Waals surface area contributed by atoms with Crippen LogP contribution in [0.2, 0.25) is 0 Å². The average molecular weight is 312 g/mol. The van der Waals surface area contributed by atoms with E-state index in [1.165, 1.54) is 0 Å². The number of nitrogens with one attached hydrogen (secondary N) is 2. The summed E-state index contributed by atoms with van der Waals surface area (Å²) in [7, 11) is 0. The summed E-state index contributed by atoms with van der Waals surface area (Å²) in [5, 5.41) is 22.1. The third-order valence-electron chi connectivity index (χ3n) is 3.20. The molecule has 0 radical (unpaired) electrons. The number of thioether (sulfide) groups is 1. The van der Waals surface area contributed by atoms with Gasteiger partial charge in [-0.2, -0.15) is 16.7 Å². The van der Waals surface area contributed by atoms with Crippen molar-refractivity contribution >= 4 is 34.6 Å². The molecule has 0 spiro atoms. The van der Waals surface area contributed by atoms with E-state index in [1.807, 2.05) is 6.26 Å². The smallest absolute Gasteiger partial charge is 0.222 e. The standard InChI is InChI=1S/C12H20N6O2S/c1-21-5-7(8(20)4-19)15-2-6-3-16-10-9(6)17-12(14)18-11(10)13/h3,7-8,15-16,19-20H,2,4-5H2,1H3,(H4,13,14,17,18). The van der Waals surface area contributed by atoms with Crippen LogP contribution < -0.4 is 16.8 Å². The summed E-state index contributed by atoms with van der Waals surface area (Å²) in [6.45, 7) is 0.187. The number of aliphatic hydroxyl groups is 2. The first-order valence-corrected chi connectivity index (χ1v) is 7.86. The SMILES string of the molecule is CSCC(NCc1c[nH]c2c(N)nc(N)nc12)C(O)CO. The minimum Gasteiger partial charge on any atom is -0.394 e. The molecule has 2 aromatic heterocycles. The van der Waals surface area contributed by atoms with E-state index in [4.69, 9.17) is 16.6 Å². The Morgan fingerprint density at radius 2 is 2.19 bits per heavy atom. The number of aromatic amines is 1. The highest BCUT2D eigenvalue weighted by atomic mass is 32.2. The summed E-state index contributed by atoms with van der Waals surface area (Å²) in [6.07, 6.45) is 2.91. The molecule has 0 bridgehead atoms. The van der Waals surface area contributed by atoms with E-state index >= 15 is 0 Å². The Hall–Kier alpha value is -1.55. The van der Waals surface area contributed by atoms with Crippen molar-refractivity contribution in [2.75, 3.05) is 30.1 Å². The number of nitrogens with zero attached hydrogens (tertiary/aromatic N) is 2. The second-order valence-corrected chi connectivity index (χ2v) is 5.61. The molecule has 21 heavy (non-hydrogen) atoms. The normalized spacial score (nSPS) is 14.4. The van der Waals surface area contributed by atoms with E-state index < -0.39 is 6.10 Å². The third kappa shape index (κ3) is 3.56. The molecule has 0 aliphatic heterocycles. The van der Waals surface area contributed by atoms with E-state index in [-0.39, 0.29) is 18.6 Å². The van der Waals surface area contributed by atoms with Gasteiger partial charge in [0, 0.05) is 30.1 Å². The first kappa shape index (κ1) is 15.8. The largest absolute Gasteiger partial charge is 0.394 e. The first-order valence-electron chi connectivity index (χ1n) is 6.47. The minimum atomic E-state index is -0.813. The second kappa shape index (κ2) is 6.94. The van der Waals surface area contributed by atoms with Crippen LogP contribution in [-0.2, 0) is 6.54 Å². The Bertz CT molecular complexity index is 605. The van der Waals surface area contributed by atoms with Crippen LogP contribution in [0.4, 0.5) is 11.8 Å². The van der Waals surface area contributed by atoms with Crippen molar-refractivity contribution in [1.29, 1.82) is 0 Å². The predicted molar refractivity (Wildman–Crippen MR) is 84.8 cm³/mol. The number of rotatable bonds is 7. The highest BCUT2D eigenvalue weighted by Gasteiger charge is 2.18. The van der Waals surface area contributed by atoms with Crippen LogP contribution in [0.3, 0.4) is 0 Å². The molecular formula is C12H20N6O2S. The fourth-order valence-electron chi connectivity index (χ4n) is 2.09. The van der Waals surface area contributed by atoms with Crippen LogP contribution in [0.5, 0.6) is 0 Å². The topological polar surface area (TPSA) is 146 Å². The fourth-order valence-corrected chi connectivity index (χ4v) is 2.79. The van der Waals surface area contributed by atoms with Gasteiger partial charge in [-0.25, -0.2) is 4.98 Å². The summed E-state index contributed by atoms with van der Waals surface area (Å²) in [6, 6.07) is -0.216. The van der Waals surface area contributed by atoms with Crippen molar-refractivity contribution in [3.63, 3.8) is 0 Å². The molecule has 8 N–H and O–H groups in total. The van der Waals surface area contributed by atoms with Gasteiger partial charge in [0.05, 0.1) is 12.7 Å². The molecule has 0 amide bonds. The number of H-pyrrole nitrogens is 1. The molecular weight excluding hydrogens is 292 g/mol.